The van der Waals surface area contributed by atoms with Crippen LogP contribution >= 0.6 is 0 Å². The Bertz CT molecular complexity index is 830. The second kappa shape index (κ2) is 8.64. The Morgan fingerprint density at radius 2 is 1.65 bits per heavy atom. The lowest BCUT2D eigenvalue weighted by atomic mass is 9.48. The van der Waals surface area contributed by atoms with Gasteiger partial charge in [-0.2, -0.15) is 0 Å². The number of ether oxygens (including phenoxy) is 1. The molecule has 0 aromatic heterocycles. The summed E-state index contributed by atoms with van der Waals surface area (Å²) in [6, 6.07) is 6.40. The maximum atomic E-state index is 12.5. The highest BCUT2D eigenvalue weighted by atomic mass is 16.5. The van der Waals surface area contributed by atoms with E-state index >= 15 is 0 Å². The molecule has 0 aliphatic heterocycles. The van der Waals surface area contributed by atoms with E-state index in [1.807, 2.05) is 13.0 Å². The van der Waals surface area contributed by atoms with Crippen molar-refractivity contribution in [3.8, 4) is 0 Å². The van der Waals surface area contributed by atoms with Gasteiger partial charge in [0.1, 0.15) is 6.04 Å². The van der Waals surface area contributed by atoms with E-state index in [2.05, 4.69) is 17.6 Å². The van der Waals surface area contributed by atoms with Crippen molar-refractivity contribution >= 4 is 17.8 Å². The Hall–Kier alpha value is -2.37. The highest BCUT2D eigenvalue weighted by Gasteiger charge is 2.53. The number of nitrogens with one attached hydrogen (secondary N) is 2. The maximum Gasteiger partial charge on any atom is 0.328 e. The summed E-state index contributed by atoms with van der Waals surface area (Å²) >= 11 is 0. The molecule has 31 heavy (non-hydrogen) atoms. The fourth-order valence-electron chi connectivity index (χ4n) is 6.53. The predicted molar refractivity (Wildman–Crippen MR) is 117 cm³/mol. The summed E-state index contributed by atoms with van der Waals surface area (Å²) in [5, 5.41) is 5.73. The number of aryl methyl sites for hydroxylation is 1. The van der Waals surface area contributed by atoms with E-state index in [1.165, 1.54) is 38.5 Å². The van der Waals surface area contributed by atoms with E-state index < -0.39 is 12.0 Å². The molecule has 1 aromatic carbocycles. The first-order valence-corrected chi connectivity index (χ1v) is 11.6. The molecule has 1 aromatic rings. The zero-order valence-corrected chi connectivity index (χ0v) is 18.8. The van der Waals surface area contributed by atoms with Gasteiger partial charge in [0.15, 0.2) is 6.61 Å². The Balaban J connectivity index is 1.24. The molecule has 0 spiro atoms. The minimum absolute atomic E-state index is 0.0885. The largest absolute Gasteiger partial charge is 0.454 e. The fraction of sp³-hybridized carbons (Fsp3) is 0.640. The van der Waals surface area contributed by atoms with Crippen molar-refractivity contribution in [3.63, 3.8) is 0 Å². The molecule has 5 rings (SSSR count). The molecule has 1 unspecified atom stereocenters. The van der Waals surface area contributed by atoms with Gasteiger partial charge in [-0.25, -0.2) is 4.79 Å². The predicted octanol–water partition coefficient (Wildman–Crippen LogP) is 3.38. The maximum absolute atomic E-state index is 12.5. The Labute approximate surface area is 184 Å². The summed E-state index contributed by atoms with van der Waals surface area (Å²) in [6.07, 6.45) is 7.73. The van der Waals surface area contributed by atoms with Crippen LogP contribution in [0.4, 0.5) is 0 Å². The van der Waals surface area contributed by atoms with Crippen molar-refractivity contribution in [2.24, 2.45) is 23.2 Å². The molecular weight excluding hydrogens is 392 g/mol. The van der Waals surface area contributed by atoms with Gasteiger partial charge in [-0.05, 0) is 94.6 Å². The van der Waals surface area contributed by atoms with Crippen LogP contribution in [0.5, 0.6) is 0 Å². The molecule has 2 amide bonds. The van der Waals surface area contributed by atoms with E-state index in [0.29, 0.717) is 5.56 Å². The summed E-state index contributed by atoms with van der Waals surface area (Å²) in [5.41, 5.74) is 1.67. The van der Waals surface area contributed by atoms with E-state index in [1.54, 1.807) is 25.1 Å². The standard InChI is InChI=1S/C25H34N2O4/c1-15-5-4-6-21(7-15)23(29)26-16(2)24(30)31-14-22(28)27-17(3)25-11-18-8-19(12-25)10-20(9-18)13-25/h4-7,16-20H,8-14H2,1-3H3,(H,26,29)(H,27,28)/t16-,17?,18?,19?,20?,25?/m0/s1. The van der Waals surface area contributed by atoms with E-state index in [9.17, 15) is 14.4 Å². The van der Waals surface area contributed by atoms with Crippen LogP contribution in [0.15, 0.2) is 24.3 Å². The highest BCUT2D eigenvalue weighted by molar-refractivity contribution is 5.97. The van der Waals surface area contributed by atoms with E-state index in [0.717, 1.165) is 23.3 Å². The van der Waals surface area contributed by atoms with Crippen LogP contribution in [0.25, 0.3) is 0 Å². The average Bonchev–Trinajstić information content (AvgIpc) is 2.70. The van der Waals surface area contributed by atoms with Gasteiger partial charge in [-0.15, -0.1) is 0 Å². The van der Waals surface area contributed by atoms with Crippen molar-refractivity contribution in [2.45, 2.75) is 71.4 Å². The number of esters is 1. The molecule has 4 fully saturated rings. The summed E-state index contributed by atoms with van der Waals surface area (Å²) in [7, 11) is 0. The van der Waals surface area contributed by atoms with Crippen molar-refractivity contribution < 1.29 is 19.1 Å². The van der Waals surface area contributed by atoms with Crippen LogP contribution in [0.3, 0.4) is 0 Å². The van der Waals surface area contributed by atoms with Gasteiger partial charge in [0.05, 0.1) is 0 Å². The Kier molecular flexibility index (Phi) is 6.09. The van der Waals surface area contributed by atoms with Crippen molar-refractivity contribution in [2.75, 3.05) is 6.61 Å². The number of carbonyl (C=O) groups is 3. The summed E-state index contributed by atoms with van der Waals surface area (Å²) < 4.78 is 5.18. The number of hydrogen-bond acceptors (Lipinski definition) is 4. The van der Waals surface area contributed by atoms with Gasteiger partial charge in [0, 0.05) is 11.6 Å². The van der Waals surface area contributed by atoms with E-state index in [4.69, 9.17) is 4.74 Å². The van der Waals surface area contributed by atoms with Crippen molar-refractivity contribution in [3.05, 3.63) is 35.4 Å². The van der Waals surface area contributed by atoms with Gasteiger partial charge >= 0.3 is 5.97 Å². The highest BCUT2D eigenvalue weighted by Crippen LogP contribution is 2.61. The monoisotopic (exact) mass is 426 g/mol. The second-order valence-electron chi connectivity index (χ2n) is 10.2. The molecule has 4 bridgehead atoms. The quantitative estimate of drug-likeness (QED) is 0.655. The smallest absolute Gasteiger partial charge is 0.328 e. The molecular formula is C25H34N2O4. The summed E-state index contributed by atoms with van der Waals surface area (Å²) in [5.74, 6) is 1.24. The van der Waals surface area contributed by atoms with Crippen molar-refractivity contribution in [1.29, 1.82) is 0 Å². The Morgan fingerprint density at radius 1 is 1.03 bits per heavy atom. The van der Waals surface area contributed by atoms with Crippen LogP contribution in [0, 0.1) is 30.1 Å². The van der Waals surface area contributed by atoms with Crippen LogP contribution in [-0.4, -0.2) is 36.5 Å². The normalized spacial score (nSPS) is 30.4. The zero-order valence-electron chi connectivity index (χ0n) is 18.8. The SMILES string of the molecule is Cc1cccc(C(=O)N[C@@H](C)C(=O)OCC(=O)NC(C)C23CC4CC(CC(C4)C2)C3)c1. The fourth-order valence-corrected chi connectivity index (χ4v) is 6.53. The Morgan fingerprint density at radius 3 is 2.23 bits per heavy atom. The molecule has 0 heterocycles. The zero-order chi connectivity index (χ0) is 22.2. The number of hydrogen-bond donors (Lipinski definition) is 2. The summed E-state index contributed by atoms with van der Waals surface area (Å²) in [4.78, 5) is 37.1. The summed E-state index contributed by atoms with van der Waals surface area (Å²) in [6.45, 7) is 5.25. The topological polar surface area (TPSA) is 84.5 Å². The minimum atomic E-state index is -0.832. The number of rotatable bonds is 7. The average molecular weight is 427 g/mol. The van der Waals surface area contributed by atoms with Crippen LogP contribution < -0.4 is 10.6 Å². The lowest BCUT2D eigenvalue weighted by Gasteiger charge is -2.59. The molecule has 0 saturated heterocycles. The molecule has 6 heteroatoms. The lowest BCUT2D eigenvalue weighted by molar-refractivity contribution is -0.150. The van der Waals surface area contributed by atoms with Gasteiger partial charge in [0.2, 0.25) is 0 Å². The second-order valence-corrected chi connectivity index (χ2v) is 10.2. The van der Waals surface area contributed by atoms with Crippen LogP contribution in [0.1, 0.15) is 68.3 Å². The van der Waals surface area contributed by atoms with Crippen LogP contribution in [0.2, 0.25) is 0 Å². The molecule has 2 atom stereocenters. The van der Waals surface area contributed by atoms with Gasteiger partial charge in [0.25, 0.3) is 11.8 Å². The number of amides is 2. The third-order valence-electron chi connectivity index (χ3n) is 7.71. The molecule has 4 aliphatic rings. The molecule has 6 nitrogen and oxygen atoms in total. The number of benzene rings is 1. The molecule has 4 saturated carbocycles. The first-order chi connectivity index (χ1) is 14.7. The van der Waals surface area contributed by atoms with Gasteiger partial charge in [-0.1, -0.05) is 17.7 Å². The molecule has 2 N–H and O–H groups in total. The first kappa shape index (κ1) is 21.8. The third-order valence-corrected chi connectivity index (χ3v) is 7.71. The molecule has 0 radical (unpaired) electrons. The molecule has 4 aliphatic carbocycles. The van der Waals surface area contributed by atoms with Crippen LogP contribution in [-0.2, 0) is 14.3 Å². The van der Waals surface area contributed by atoms with Gasteiger partial charge in [-0.3, -0.25) is 9.59 Å². The van der Waals surface area contributed by atoms with E-state index in [-0.39, 0.29) is 29.9 Å². The molecule has 168 valence electrons. The van der Waals surface area contributed by atoms with Crippen molar-refractivity contribution in [1.82, 2.24) is 10.6 Å². The minimum Gasteiger partial charge on any atom is -0.454 e. The lowest BCUT2D eigenvalue weighted by Crippen LogP contribution is -2.56. The number of carbonyl (C=O) groups excluding carboxylic acids is 3. The third kappa shape index (κ3) is 4.78. The van der Waals surface area contributed by atoms with Gasteiger partial charge < -0.3 is 15.4 Å². The first-order valence-electron chi connectivity index (χ1n) is 11.6.